The Bertz CT molecular complexity index is 296. The van der Waals surface area contributed by atoms with Crippen LogP contribution < -0.4 is 5.32 Å². The predicted molar refractivity (Wildman–Crippen MR) is 65.4 cm³/mol. The summed E-state index contributed by atoms with van der Waals surface area (Å²) in [4.78, 5) is 0. The quantitative estimate of drug-likeness (QED) is 0.684. The van der Waals surface area contributed by atoms with Crippen molar-refractivity contribution < 1.29 is 4.74 Å². The van der Waals surface area contributed by atoms with Gasteiger partial charge in [-0.05, 0) is 32.7 Å². The van der Waals surface area contributed by atoms with Crippen molar-refractivity contribution >= 4 is 0 Å². The molecule has 1 N–H and O–H groups in total. The molecule has 0 aromatic carbocycles. The molecule has 0 aliphatic heterocycles. The lowest BCUT2D eigenvalue weighted by Crippen LogP contribution is -2.15. The molecule has 4 nitrogen and oxygen atoms in total. The van der Waals surface area contributed by atoms with Crippen LogP contribution in [0.4, 0.5) is 0 Å². The smallest absolute Gasteiger partial charge is 0.0638 e. The highest BCUT2D eigenvalue weighted by atomic mass is 16.5. The van der Waals surface area contributed by atoms with Crippen molar-refractivity contribution in [1.29, 1.82) is 0 Å². The van der Waals surface area contributed by atoms with Gasteiger partial charge in [-0.15, -0.1) is 0 Å². The minimum Gasteiger partial charge on any atom is -0.385 e. The van der Waals surface area contributed by atoms with Crippen molar-refractivity contribution in [3.63, 3.8) is 0 Å². The van der Waals surface area contributed by atoms with Gasteiger partial charge in [0, 0.05) is 39.1 Å². The Balaban J connectivity index is 2.05. The van der Waals surface area contributed by atoms with Crippen LogP contribution in [0.15, 0.2) is 6.20 Å². The van der Waals surface area contributed by atoms with Gasteiger partial charge in [-0.1, -0.05) is 0 Å². The third-order valence-corrected chi connectivity index (χ3v) is 2.63. The molecular weight excluding hydrogens is 202 g/mol. The van der Waals surface area contributed by atoms with Crippen LogP contribution in [0.1, 0.15) is 30.5 Å². The first kappa shape index (κ1) is 13.2. The van der Waals surface area contributed by atoms with Crippen LogP contribution in [-0.4, -0.2) is 30.0 Å². The highest BCUT2D eigenvalue weighted by molar-refractivity contribution is 5.14. The molecule has 1 aromatic rings. The van der Waals surface area contributed by atoms with E-state index in [4.69, 9.17) is 4.74 Å². The Hall–Kier alpha value is -0.870. The molecule has 0 spiro atoms. The molecule has 0 saturated heterocycles. The summed E-state index contributed by atoms with van der Waals surface area (Å²) in [7, 11) is 3.71. The van der Waals surface area contributed by atoms with E-state index in [0.717, 1.165) is 31.8 Å². The summed E-state index contributed by atoms with van der Waals surface area (Å²) in [6, 6.07) is 0. The lowest BCUT2D eigenvalue weighted by molar-refractivity contribution is 0.192. The number of rotatable bonds is 8. The Morgan fingerprint density at radius 1 is 1.38 bits per heavy atom. The minimum atomic E-state index is 0.877. The highest BCUT2D eigenvalue weighted by Crippen LogP contribution is 2.03. The van der Waals surface area contributed by atoms with Gasteiger partial charge in [0.15, 0.2) is 0 Å². The van der Waals surface area contributed by atoms with Crippen molar-refractivity contribution in [2.45, 2.75) is 32.7 Å². The van der Waals surface area contributed by atoms with E-state index in [0.29, 0.717) is 0 Å². The van der Waals surface area contributed by atoms with E-state index in [1.165, 1.54) is 18.4 Å². The monoisotopic (exact) mass is 225 g/mol. The van der Waals surface area contributed by atoms with Gasteiger partial charge in [0.25, 0.3) is 0 Å². The summed E-state index contributed by atoms with van der Waals surface area (Å²) in [6.07, 6.45) is 5.67. The van der Waals surface area contributed by atoms with E-state index in [1.54, 1.807) is 7.11 Å². The number of unbranched alkanes of at least 4 members (excludes halogenated alkanes) is 2. The third kappa shape index (κ3) is 4.77. The average molecular weight is 225 g/mol. The highest BCUT2D eigenvalue weighted by Gasteiger charge is 2.01. The topological polar surface area (TPSA) is 39.1 Å². The van der Waals surface area contributed by atoms with Gasteiger partial charge in [-0.3, -0.25) is 4.68 Å². The number of methoxy groups -OCH3 is 1. The van der Waals surface area contributed by atoms with Crippen LogP contribution in [0.25, 0.3) is 0 Å². The lowest BCUT2D eigenvalue weighted by Gasteiger charge is -2.03. The van der Waals surface area contributed by atoms with Crippen LogP contribution in [0.5, 0.6) is 0 Å². The number of aromatic nitrogens is 2. The zero-order valence-corrected chi connectivity index (χ0v) is 10.6. The fourth-order valence-corrected chi connectivity index (χ4v) is 1.72. The minimum absolute atomic E-state index is 0.877. The number of nitrogens with zero attached hydrogens (tertiary/aromatic N) is 2. The standard InChI is InChI=1S/C12H23N3O/c1-11-12(10-15(2)14-11)9-13-7-5-4-6-8-16-3/h10,13H,4-9H2,1-3H3. The van der Waals surface area contributed by atoms with E-state index in [2.05, 4.69) is 23.5 Å². The fraction of sp³-hybridized carbons (Fsp3) is 0.750. The second-order valence-corrected chi connectivity index (χ2v) is 4.14. The van der Waals surface area contributed by atoms with Crippen LogP contribution in [0, 0.1) is 6.92 Å². The number of nitrogens with one attached hydrogen (secondary N) is 1. The number of aryl methyl sites for hydroxylation is 2. The third-order valence-electron chi connectivity index (χ3n) is 2.63. The van der Waals surface area contributed by atoms with Crippen LogP contribution in [0.2, 0.25) is 0 Å². The molecule has 1 aromatic heterocycles. The molecule has 1 rings (SSSR count). The zero-order valence-electron chi connectivity index (χ0n) is 10.6. The van der Waals surface area contributed by atoms with Crippen molar-refractivity contribution in [2.24, 2.45) is 7.05 Å². The molecule has 0 fully saturated rings. The molecule has 0 aliphatic carbocycles. The van der Waals surface area contributed by atoms with Crippen molar-refractivity contribution in [3.8, 4) is 0 Å². The number of ether oxygens (including phenoxy) is 1. The summed E-state index contributed by atoms with van der Waals surface area (Å²) in [5.41, 5.74) is 2.41. The summed E-state index contributed by atoms with van der Waals surface area (Å²) in [6.45, 7) is 4.92. The first-order valence-electron chi connectivity index (χ1n) is 5.93. The van der Waals surface area contributed by atoms with Gasteiger partial charge in [0.2, 0.25) is 0 Å². The van der Waals surface area contributed by atoms with Gasteiger partial charge in [0.1, 0.15) is 0 Å². The molecule has 16 heavy (non-hydrogen) atoms. The second-order valence-electron chi connectivity index (χ2n) is 4.14. The fourth-order valence-electron chi connectivity index (χ4n) is 1.72. The molecular formula is C12H23N3O. The van der Waals surface area contributed by atoms with Crippen molar-refractivity contribution in [1.82, 2.24) is 15.1 Å². The molecule has 0 bridgehead atoms. The van der Waals surface area contributed by atoms with E-state index < -0.39 is 0 Å². The van der Waals surface area contributed by atoms with E-state index >= 15 is 0 Å². The molecule has 1 heterocycles. The first-order chi connectivity index (χ1) is 7.74. The molecule has 0 unspecified atom stereocenters. The van der Waals surface area contributed by atoms with Gasteiger partial charge >= 0.3 is 0 Å². The van der Waals surface area contributed by atoms with Crippen LogP contribution >= 0.6 is 0 Å². The molecule has 0 atom stereocenters. The Morgan fingerprint density at radius 3 is 2.81 bits per heavy atom. The number of hydrogen-bond donors (Lipinski definition) is 1. The Labute approximate surface area is 98.0 Å². The first-order valence-corrected chi connectivity index (χ1v) is 5.93. The lowest BCUT2D eigenvalue weighted by atomic mass is 10.2. The maximum atomic E-state index is 5.00. The van der Waals surface area contributed by atoms with Crippen molar-refractivity contribution in [2.75, 3.05) is 20.3 Å². The maximum absolute atomic E-state index is 5.00. The average Bonchev–Trinajstić information content (AvgIpc) is 2.56. The molecule has 0 amide bonds. The van der Waals surface area contributed by atoms with E-state index in [1.807, 2.05) is 11.7 Å². The Morgan fingerprint density at radius 2 is 2.19 bits per heavy atom. The van der Waals surface area contributed by atoms with Crippen molar-refractivity contribution in [3.05, 3.63) is 17.5 Å². The van der Waals surface area contributed by atoms with Gasteiger partial charge < -0.3 is 10.1 Å². The SMILES string of the molecule is COCCCCCNCc1cn(C)nc1C. The normalized spacial score (nSPS) is 10.9. The molecule has 4 heteroatoms. The molecule has 92 valence electrons. The van der Waals surface area contributed by atoms with Gasteiger partial charge in [-0.25, -0.2) is 0 Å². The summed E-state index contributed by atoms with van der Waals surface area (Å²) < 4.78 is 6.87. The number of hydrogen-bond acceptors (Lipinski definition) is 3. The molecule has 0 saturated carbocycles. The van der Waals surface area contributed by atoms with Crippen LogP contribution in [-0.2, 0) is 18.3 Å². The zero-order chi connectivity index (χ0) is 11.8. The summed E-state index contributed by atoms with van der Waals surface area (Å²) in [5.74, 6) is 0. The summed E-state index contributed by atoms with van der Waals surface area (Å²) in [5, 5.41) is 7.75. The molecule has 0 aliphatic rings. The predicted octanol–water partition coefficient (Wildman–Crippen LogP) is 1.63. The van der Waals surface area contributed by atoms with Gasteiger partial charge in [-0.2, -0.15) is 5.10 Å². The van der Waals surface area contributed by atoms with Crippen LogP contribution in [0.3, 0.4) is 0 Å². The maximum Gasteiger partial charge on any atom is 0.0638 e. The van der Waals surface area contributed by atoms with E-state index in [-0.39, 0.29) is 0 Å². The largest absolute Gasteiger partial charge is 0.385 e. The second kappa shape index (κ2) is 7.41. The van der Waals surface area contributed by atoms with Gasteiger partial charge in [0.05, 0.1) is 5.69 Å². The Kier molecular flexibility index (Phi) is 6.11. The van der Waals surface area contributed by atoms with E-state index in [9.17, 15) is 0 Å². The molecule has 0 radical (unpaired) electrons. The summed E-state index contributed by atoms with van der Waals surface area (Å²) >= 11 is 0.